The normalized spacial score (nSPS) is 15.4. The predicted molar refractivity (Wildman–Crippen MR) is 258 cm³/mol. The molecule has 11 heteroatoms. The average molecular weight is 897 g/mol. The number of esters is 1. The van der Waals surface area contributed by atoms with Gasteiger partial charge in [-0.15, -0.1) is 0 Å². The van der Waals surface area contributed by atoms with E-state index in [9.17, 15) is 4.79 Å². The first-order valence-corrected chi connectivity index (χ1v) is 23.0. The fourth-order valence-corrected chi connectivity index (χ4v) is 9.44. The van der Waals surface area contributed by atoms with E-state index < -0.39 is 11.5 Å². The molecule has 1 aliphatic carbocycles. The SMILES string of the molecule is COC(=O)c1ccc(COc2c(-c3c(C)c(F)cc4nn(C(c5ccccc5)(c5ccccc5)c5ccccc5)cc34)c(C3CC3)cc3c(O[C@H]4CCNC4)cc(OC[C@H](C)OC)nc23)cc1. The van der Waals surface area contributed by atoms with Crippen molar-refractivity contribution in [3.8, 4) is 28.5 Å². The molecule has 0 amide bonds. The summed E-state index contributed by atoms with van der Waals surface area (Å²) in [5.41, 5.74) is 7.19. The summed E-state index contributed by atoms with van der Waals surface area (Å²) in [4.78, 5) is 17.6. The van der Waals surface area contributed by atoms with Crippen LogP contribution in [0.3, 0.4) is 0 Å². The number of fused-ring (bicyclic) bond motifs is 2. The van der Waals surface area contributed by atoms with Gasteiger partial charge in [0.25, 0.3) is 0 Å². The summed E-state index contributed by atoms with van der Waals surface area (Å²) in [6.45, 7) is 5.69. The van der Waals surface area contributed by atoms with E-state index >= 15 is 4.39 Å². The molecule has 6 aromatic carbocycles. The van der Waals surface area contributed by atoms with Crippen molar-refractivity contribution in [1.82, 2.24) is 20.1 Å². The van der Waals surface area contributed by atoms with E-state index in [2.05, 4.69) is 54.0 Å². The van der Waals surface area contributed by atoms with Gasteiger partial charge in [-0.2, -0.15) is 5.10 Å². The molecule has 2 fully saturated rings. The third-order valence-corrected chi connectivity index (χ3v) is 13.2. The molecule has 10 nitrogen and oxygen atoms in total. The highest BCUT2D eigenvalue weighted by molar-refractivity contribution is 6.05. The Morgan fingerprint density at radius 1 is 0.821 bits per heavy atom. The molecule has 0 unspecified atom stereocenters. The average Bonchev–Trinajstić information content (AvgIpc) is 3.93. The van der Waals surface area contributed by atoms with Gasteiger partial charge in [-0.25, -0.2) is 14.2 Å². The van der Waals surface area contributed by atoms with Crippen molar-refractivity contribution in [2.75, 3.05) is 33.9 Å². The highest BCUT2D eigenvalue weighted by Crippen LogP contribution is 2.54. The molecule has 67 heavy (non-hydrogen) atoms. The second kappa shape index (κ2) is 18.7. The Labute approximate surface area is 389 Å². The molecule has 2 atom stereocenters. The molecule has 1 saturated carbocycles. The molecule has 1 aliphatic heterocycles. The van der Waals surface area contributed by atoms with Gasteiger partial charge in [0.1, 0.15) is 41.9 Å². The van der Waals surface area contributed by atoms with E-state index in [1.165, 1.54) is 7.11 Å². The van der Waals surface area contributed by atoms with Gasteiger partial charge in [-0.1, -0.05) is 103 Å². The first kappa shape index (κ1) is 43.8. The van der Waals surface area contributed by atoms with Crippen LogP contribution in [0.5, 0.6) is 17.4 Å². The smallest absolute Gasteiger partial charge is 0.337 e. The van der Waals surface area contributed by atoms with E-state index in [1.54, 1.807) is 25.3 Å². The first-order valence-electron chi connectivity index (χ1n) is 23.0. The second-order valence-corrected chi connectivity index (χ2v) is 17.5. The van der Waals surface area contributed by atoms with E-state index in [0.29, 0.717) is 51.6 Å². The largest absolute Gasteiger partial charge is 0.488 e. The maximum absolute atomic E-state index is 17.0. The van der Waals surface area contributed by atoms with Crippen LogP contribution in [0.4, 0.5) is 4.39 Å². The number of nitrogens with zero attached hydrogens (tertiary/aromatic N) is 3. The van der Waals surface area contributed by atoms with Gasteiger partial charge < -0.3 is 29.0 Å². The summed E-state index contributed by atoms with van der Waals surface area (Å²) in [6.07, 6.45) is 4.56. The Balaban J connectivity index is 1.26. The van der Waals surface area contributed by atoms with Crippen LogP contribution in [-0.4, -0.2) is 66.9 Å². The minimum Gasteiger partial charge on any atom is -0.488 e. The summed E-state index contributed by atoms with van der Waals surface area (Å²) >= 11 is 0. The zero-order chi connectivity index (χ0) is 46.1. The van der Waals surface area contributed by atoms with Crippen LogP contribution < -0.4 is 19.5 Å². The van der Waals surface area contributed by atoms with Crippen molar-refractivity contribution >= 4 is 27.8 Å². The Morgan fingerprint density at radius 2 is 1.48 bits per heavy atom. The van der Waals surface area contributed by atoms with E-state index in [1.807, 2.05) is 91.3 Å². The summed E-state index contributed by atoms with van der Waals surface area (Å²) in [6, 6.07) is 43.7. The van der Waals surface area contributed by atoms with E-state index in [4.69, 9.17) is 33.8 Å². The number of ether oxygens (including phenoxy) is 5. The van der Waals surface area contributed by atoms with Crippen molar-refractivity contribution in [2.45, 2.75) is 63.4 Å². The third-order valence-electron chi connectivity index (χ3n) is 13.2. The zero-order valence-electron chi connectivity index (χ0n) is 38.1. The topological polar surface area (TPSA) is 106 Å². The summed E-state index contributed by atoms with van der Waals surface area (Å²) < 4.78 is 49.8. The van der Waals surface area contributed by atoms with Crippen molar-refractivity contribution in [3.05, 3.63) is 184 Å². The first-order chi connectivity index (χ1) is 32.8. The van der Waals surface area contributed by atoms with Crippen LogP contribution >= 0.6 is 0 Å². The number of halogens is 1. The molecular formula is C56H53FN4O6. The molecule has 340 valence electrons. The van der Waals surface area contributed by atoms with Crippen LogP contribution in [-0.2, 0) is 21.6 Å². The number of rotatable bonds is 16. The molecule has 1 N–H and O–H groups in total. The quantitative estimate of drug-likeness (QED) is 0.0749. The number of pyridine rings is 1. The maximum Gasteiger partial charge on any atom is 0.337 e. The molecule has 2 aromatic heterocycles. The van der Waals surface area contributed by atoms with Gasteiger partial charge in [-0.3, -0.25) is 4.68 Å². The van der Waals surface area contributed by atoms with Crippen LogP contribution in [0.1, 0.15) is 75.8 Å². The Bertz CT molecular complexity index is 2950. The molecule has 0 bridgehead atoms. The minimum absolute atomic E-state index is 0.0619. The number of nitrogens with one attached hydrogen (secondary N) is 1. The van der Waals surface area contributed by atoms with Gasteiger partial charge in [0.05, 0.1) is 24.3 Å². The van der Waals surface area contributed by atoms with Crippen molar-refractivity contribution < 1.29 is 32.9 Å². The van der Waals surface area contributed by atoms with Gasteiger partial charge in [0.2, 0.25) is 5.88 Å². The lowest BCUT2D eigenvalue weighted by Gasteiger charge is -2.36. The third kappa shape index (κ3) is 8.38. The summed E-state index contributed by atoms with van der Waals surface area (Å²) in [5, 5.41) is 10.3. The Morgan fingerprint density at radius 3 is 2.06 bits per heavy atom. The van der Waals surface area contributed by atoms with Crippen LogP contribution in [0, 0.1) is 12.7 Å². The monoisotopic (exact) mass is 896 g/mol. The number of benzene rings is 6. The van der Waals surface area contributed by atoms with Crippen molar-refractivity contribution in [3.63, 3.8) is 0 Å². The number of methoxy groups -OCH3 is 2. The minimum atomic E-state index is -0.947. The van der Waals surface area contributed by atoms with Crippen LogP contribution in [0.15, 0.2) is 140 Å². The van der Waals surface area contributed by atoms with Crippen molar-refractivity contribution in [1.29, 1.82) is 0 Å². The number of hydrogen-bond acceptors (Lipinski definition) is 9. The van der Waals surface area contributed by atoms with E-state index in [-0.39, 0.29) is 37.2 Å². The lowest BCUT2D eigenvalue weighted by atomic mass is 9.77. The van der Waals surface area contributed by atoms with Gasteiger partial charge in [-0.05, 0) is 97.2 Å². The predicted octanol–water partition coefficient (Wildman–Crippen LogP) is 10.9. The standard InChI is InChI=1S/C56H53FN4O6/c1-35(63-3)33-65-50-30-49(67-43-26-27-58-31-43)45-28-44(38-24-25-38)52(54(53(45)59-50)66-34-37-20-22-39(23-21-37)55(62)64-4)51-36(2)47(57)29-48-46(51)32-61(60-48)56(40-14-8-5-9-15-40,41-16-10-6-11-17-41)42-18-12-7-13-19-42/h5-23,28-30,32,35,38,43,58H,24-27,31,33-34H2,1-4H3/t35-,43-/m0/s1. The Kier molecular flexibility index (Phi) is 12.2. The number of hydrogen-bond donors (Lipinski definition) is 1. The molecule has 1 saturated heterocycles. The van der Waals surface area contributed by atoms with Crippen molar-refractivity contribution in [2.24, 2.45) is 0 Å². The zero-order valence-corrected chi connectivity index (χ0v) is 38.1. The second-order valence-electron chi connectivity index (χ2n) is 17.5. The molecule has 2 aliphatic rings. The highest BCUT2D eigenvalue weighted by atomic mass is 19.1. The lowest BCUT2D eigenvalue weighted by Crippen LogP contribution is -2.38. The molecule has 3 heterocycles. The number of carbonyl (C=O) groups is 1. The fourth-order valence-electron chi connectivity index (χ4n) is 9.44. The molecule has 0 spiro atoms. The van der Waals surface area contributed by atoms with Gasteiger partial charge in [0.15, 0.2) is 5.75 Å². The van der Waals surface area contributed by atoms with E-state index in [0.717, 1.165) is 70.0 Å². The molecule has 8 aromatic rings. The summed E-state index contributed by atoms with van der Waals surface area (Å²) in [7, 11) is 3.01. The summed E-state index contributed by atoms with van der Waals surface area (Å²) in [5.74, 6) is 0.808. The molecular weight excluding hydrogens is 844 g/mol. The molecule has 10 rings (SSSR count). The number of aromatic nitrogens is 3. The van der Waals surface area contributed by atoms with Crippen LogP contribution in [0.25, 0.3) is 32.9 Å². The maximum atomic E-state index is 17.0. The molecule has 0 radical (unpaired) electrons. The van der Waals surface area contributed by atoms with Crippen LogP contribution in [0.2, 0.25) is 0 Å². The van der Waals surface area contributed by atoms with Gasteiger partial charge in [0, 0.05) is 53.9 Å². The Hall–Kier alpha value is -7.08. The van der Waals surface area contributed by atoms with Gasteiger partial charge >= 0.3 is 5.97 Å². The highest BCUT2D eigenvalue weighted by Gasteiger charge is 2.41. The fraction of sp³-hybridized carbons (Fsp3) is 0.268. The lowest BCUT2D eigenvalue weighted by molar-refractivity contribution is 0.0600. The number of carbonyl (C=O) groups excluding carboxylic acids is 1.